The quantitative estimate of drug-likeness (QED) is 0.814. The minimum atomic E-state index is -0.876. The molecule has 0 atom stereocenters. The van der Waals surface area contributed by atoms with Crippen molar-refractivity contribution in [3.05, 3.63) is 35.7 Å². The van der Waals surface area contributed by atoms with E-state index in [2.05, 4.69) is 15.2 Å². The van der Waals surface area contributed by atoms with Crippen molar-refractivity contribution >= 4 is 5.97 Å². The molecule has 2 heterocycles. The fourth-order valence-electron chi connectivity index (χ4n) is 1.51. The number of H-pyrrole nitrogens is 1. The molecular weight excluding hydrogens is 206 g/mol. The number of carboxylic acids is 1. The van der Waals surface area contributed by atoms with Gasteiger partial charge < -0.3 is 5.11 Å². The van der Waals surface area contributed by atoms with Gasteiger partial charge in [-0.25, -0.2) is 0 Å². The van der Waals surface area contributed by atoms with E-state index < -0.39 is 5.97 Å². The molecule has 0 radical (unpaired) electrons. The number of nitrogens with zero attached hydrogens (tertiary/aromatic N) is 2. The molecule has 0 amide bonds. The van der Waals surface area contributed by atoms with Crippen LogP contribution in [0, 0.1) is 6.92 Å². The molecule has 2 N–H and O–H groups in total. The second-order valence-corrected chi connectivity index (χ2v) is 3.46. The number of aliphatic carboxylic acids is 1. The minimum absolute atomic E-state index is 0.0499. The summed E-state index contributed by atoms with van der Waals surface area (Å²) in [6, 6.07) is 5.53. The Kier molecular flexibility index (Phi) is 2.68. The molecule has 0 aliphatic rings. The molecular formula is C11H11N3O2. The molecule has 0 saturated heterocycles. The van der Waals surface area contributed by atoms with E-state index in [1.165, 1.54) is 0 Å². The normalized spacial score (nSPS) is 10.3. The number of aromatic nitrogens is 3. The molecule has 0 fully saturated rings. The monoisotopic (exact) mass is 217 g/mol. The lowest BCUT2D eigenvalue weighted by Crippen LogP contribution is -2.01. The van der Waals surface area contributed by atoms with E-state index in [1.54, 1.807) is 6.20 Å². The maximum atomic E-state index is 10.6. The highest BCUT2D eigenvalue weighted by Crippen LogP contribution is 2.20. The third-order valence-electron chi connectivity index (χ3n) is 2.35. The number of aromatic amines is 1. The summed E-state index contributed by atoms with van der Waals surface area (Å²) in [5.41, 5.74) is 2.90. The number of pyridine rings is 1. The average molecular weight is 217 g/mol. The zero-order valence-electron chi connectivity index (χ0n) is 8.77. The number of carbonyl (C=O) groups is 1. The summed E-state index contributed by atoms with van der Waals surface area (Å²) in [6.07, 6.45) is 1.63. The highest BCUT2D eigenvalue weighted by molar-refractivity contribution is 5.71. The van der Waals surface area contributed by atoms with Gasteiger partial charge in [-0.2, -0.15) is 5.10 Å². The van der Waals surface area contributed by atoms with Crippen LogP contribution in [-0.4, -0.2) is 26.3 Å². The topological polar surface area (TPSA) is 78.9 Å². The molecule has 0 spiro atoms. The summed E-state index contributed by atoms with van der Waals surface area (Å²) >= 11 is 0. The van der Waals surface area contributed by atoms with E-state index in [1.807, 2.05) is 25.1 Å². The van der Waals surface area contributed by atoms with Crippen LogP contribution in [0.15, 0.2) is 24.4 Å². The molecule has 0 saturated carbocycles. The first-order valence-corrected chi connectivity index (χ1v) is 4.85. The standard InChI is InChI=1S/C11H11N3O2/c1-7-9(6-10(15)16)13-14-11(7)8-4-2-3-5-12-8/h2-5H,6H2,1H3,(H,13,14)(H,15,16). The first kappa shape index (κ1) is 10.4. The van der Waals surface area contributed by atoms with Crippen LogP contribution in [0.1, 0.15) is 11.3 Å². The van der Waals surface area contributed by atoms with Crippen molar-refractivity contribution < 1.29 is 9.90 Å². The summed E-state index contributed by atoms with van der Waals surface area (Å²) in [6.45, 7) is 1.84. The molecule has 2 aromatic rings. The molecule has 5 nitrogen and oxygen atoms in total. The zero-order valence-corrected chi connectivity index (χ0v) is 8.77. The van der Waals surface area contributed by atoms with Crippen LogP contribution < -0.4 is 0 Å². The van der Waals surface area contributed by atoms with Gasteiger partial charge in [0, 0.05) is 17.5 Å². The van der Waals surface area contributed by atoms with Gasteiger partial charge in [0.2, 0.25) is 0 Å². The van der Waals surface area contributed by atoms with Crippen molar-refractivity contribution in [2.24, 2.45) is 0 Å². The number of carboxylic acid groups (broad SMARTS) is 1. The molecule has 0 aliphatic heterocycles. The minimum Gasteiger partial charge on any atom is -0.481 e. The SMILES string of the molecule is Cc1c(-c2ccccn2)n[nH]c1CC(=O)O. The molecule has 82 valence electrons. The first-order chi connectivity index (χ1) is 7.68. The van der Waals surface area contributed by atoms with Gasteiger partial charge >= 0.3 is 5.97 Å². The van der Waals surface area contributed by atoms with Gasteiger partial charge in [0.15, 0.2) is 0 Å². The van der Waals surface area contributed by atoms with Crippen molar-refractivity contribution in [1.82, 2.24) is 15.2 Å². The van der Waals surface area contributed by atoms with Gasteiger partial charge in [0.25, 0.3) is 0 Å². The van der Waals surface area contributed by atoms with Gasteiger partial charge in [-0.15, -0.1) is 0 Å². The Morgan fingerprint density at radius 1 is 1.50 bits per heavy atom. The fraction of sp³-hybridized carbons (Fsp3) is 0.182. The summed E-state index contributed by atoms with van der Waals surface area (Å²) in [5.74, 6) is -0.876. The average Bonchev–Trinajstić information content (AvgIpc) is 2.61. The van der Waals surface area contributed by atoms with Crippen LogP contribution in [0.25, 0.3) is 11.4 Å². The molecule has 0 aliphatic carbocycles. The second-order valence-electron chi connectivity index (χ2n) is 3.46. The van der Waals surface area contributed by atoms with E-state index in [-0.39, 0.29) is 6.42 Å². The third-order valence-corrected chi connectivity index (χ3v) is 2.35. The maximum Gasteiger partial charge on any atom is 0.309 e. The predicted molar refractivity (Wildman–Crippen MR) is 57.9 cm³/mol. The Morgan fingerprint density at radius 2 is 2.31 bits per heavy atom. The Morgan fingerprint density at radius 3 is 2.94 bits per heavy atom. The van der Waals surface area contributed by atoms with Crippen LogP contribution in [0.4, 0.5) is 0 Å². The van der Waals surface area contributed by atoms with Crippen LogP contribution in [-0.2, 0) is 11.2 Å². The van der Waals surface area contributed by atoms with Gasteiger partial charge in [-0.05, 0) is 19.1 Å². The molecule has 5 heteroatoms. The van der Waals surface area contributed by atoms with Gasteiger partial charge in [0.05, 0.1) is 12.1 Å². The van der Waals surface area contributed by atoms with Gasteiger partial charge in [-0.1, -0.05) is 6.07 Å². The predicted octanol–water partition coefficient (Wildman–Crippen LogP) is 1.41. The highest BCUT2D eigenvalue weighted by atomic mass is 16.4. The van der Waals surface area contributed by atoms with Crippen LogP contribution in [0.3, 0.4) is 0 Å². The van der Waals surface area contributed by atoms with Gasteiger partial charge in [-0.3, -0.25) is 14.9 Å². The lowest BCUT2D eigenvalue weighted by atomic mass is 10.1. The largest absolute Gasteiger partial charge is 0.481 e. The molecule has 2 aromatic heterocycles. The maximum absolute atomic E-state index is 10.6. The number of hydrogen-bond acceptors (Lipinski definition) is 3. The first-order valence-electron chi connectivity index (χ1n) is 4.85. The molecule has 16 heavy (non-hydrogen) atoms. The van der Waals surface area contributed by atoms with E-state index in [9.17, 15) is 4.79 Å². The van der Waals surface area contributed by atoms with Crippen molar-refractivity contribution in [2.75, 3.05) is 0 Å². The Balaban J connectivity index is 2.37. The van der Waals surface area contributed by atoms with E-state index in [0.717, 1.165) is 11.3 Å². The molecule has 0 unspecified atom stereocenters. The van der Waals surface area contributed by atoms with E-state index >= 15 is 0 Å². The second kappa shape index (κ2) is 4.14. The summed E-state index contributed by atoms with van der Waals surface area (Å²) in [7, 11) is 0. The molecule has 2 rings (SSSR count). The smallest absolute Gasteiger partial charge is 0.309 e. The highest BCUT2D eigenvalue weighted by Gasteiger charge is 2.13. The Bertz CT molecular complexity index is 505. The van der Waals surface area contributed by atoms with Crippen molar-refractivity contribution in [3.63, 3.8) is 0 Å². The Labute approximate surface area is 92.2 Å². The third kappa shape index (κ3) is 1.93. The fourth-order valence-corrected chi connectivity index (χ4v) is 1.51. The van der Waals surface area contributed by atoms with Gasteiger partial charge in [0.1, 0.15) is 5.69 Å². The van der Waals surface area contributed by atoms with Crippen molar-refractivity contribution in [3.8, 4) is 11.4 Å². The number of hydrogen-bond donors (Lipinski definition) is 2. The van der Waals surface area contributed by atoms with Crippen LogP contribution >= 0.6 is 0 Å². The zero-order chi connectivity index (χ0) is 11.5. The summed E-state index contributed by atoms with van der Waals surface area (Å²) in [5, 5.41) is 15.5. The van der Waals surface area contributed by atoms with Crippen LogP contribution in [0.5, 0.6) is 0 Å². The molecule has 0 bridgehead atoms. The summed E-state index contributed by atoms with van der Waals surface area (Å²) in [4.78, 5) is 14.8. The number of nitrogens with one attached hydrogen (secondary N) is 1. The lowest BCUT2D eigenvalue weighted by molar-refractivity contribution is -0.136. The van der Waals surface area contributed by atoms with E-state index in [0.29, 0.717) is 11.4 Å². The summed E-state index contributed by atoms with van der Waals surface area (Å²) < 4.78 is 0. The Hall–Kier alpha value is -2.17. The molecule has 0 aromatic carbocycles. The number of rotatable bonds is 3. The van der Waals surface area contributed by atoms with E-state index in [4.69, 9.17) is 5.11 Å². The van der Waals surface area contributed by atoms with Crippen LogP contribution in [0.2, 0.25) is 0 Å². The van der Waals surface area contributed by atoms with Crippen molar-refractivity contribution in [2.45, 2.75) is 13.3 Å². The lowest BCUT2D eigenvalue weighted by Gasteiger charge is -1.97. The van der Waals surface area contributed by atoms with Crippen molar-refractivity contribution in [1.29, 1.82) is 0 Å².